The SMILES string of the molecule is CCCCCC1CCC(C#Cc2ccc(-c3ccc(CCC)cc3)cc2)CC1. The van der Waals surface area contributed by atoms with Crippen LogP contribution in [0.5, 0.6) is 0 Å². The molecule has 0 atom stereocenters. The largest absolute Gasteiger partial charge is 0.0945 e. The normalized spacial score (nSPS) is 19.1. The molecule has 0 amide bonds. The third kappa shape index (κ3) is 6.27. The van der Waals surface area contributed by atoms with E-state index in [1.54, 1.807) is 0 Å². The molecule has 0 spiro atoms. The Morgan fingerprint density at radius 2 is 1.39 bits per heavy atom. The second kappa shape index (κ2) is 11.1. The van der Waals surface area contributed by atoms with Crippen molar-refractivity contribution in [3.05, 3.63) is 59.7 Å². The molecule has 2 aromatic carbocycles. The van der Waals surface area contributed by atoms with Crippen LogP contribution in [0.2, 0.25) is 0 Å². The molecule has 1 saturated carbocycles. The summed E-state index contributed by atoms with van der Waals surface area (Å²) in [4.78, 5) is 0. The summed E-state index contributed by atoms with van der Waals surface area (Å²) in [5, 5.41) is 0. The van der Waals surface area contributed by atoms with Crippen molar-refractivity contribution in [1.82, 2.24) is 0 Å². The molecule has 0 heterocycles. The first-order valence-corrected chi connectivity index (χ1v) is 11.5. The summed E-state index contributed by atoms with van der Waals surface area (Å²) in [6, 6.07) is 17.8. The maximum absolute atomic E-state index is 3.56. The van der Waals surface area contributed by atoms with Crippen molar-refractivity contribution < 1.29 is 0 Å². The molecule has 0 unspecified atom stereocenters. The van der Waals surface area contributed by atoms with Crippen molar-refractivity contribution in [1.29, 1.82) is 0 Å². The summed E-state index contributed by atoms with van der Waals surface area (Å²) in [5.41, 5.74) is 5.15. The fraction of sp³-hybridized carbons (Fsp3) is 0.500. The second-order valence-electron chi connectivity index (χ2n) is 8.51. The zero-order valence-electron chi connectivity index (χ0n) is 17.8. The Bertz CT molecular complexity index is 746. The highest BCUT2D eigenvalue weighted by Crippen LogP contribution is 2.31. The first-order chi connectivity index (χ1) is 13.8. The predicted molar refractivity (Wildman–Crippen MR) is 122 cm³/mol. The minimum Gasteiger partial charge on any atom is -0.0945 e. The van der Waals surface area contributed by atoms with Crippen molar-refractivity contribution in [2.24, 2.45) is 11.8 Å². The lowest BCUT2D eigenvalue weighted by molar-refractivity contribution is 0.294. The van der Waals surface area contributed by atoms with Gasteiger partial charge in [0.2, 0.25) is 0 Å². The van der Waals surface area contributed by atoms with E-state index in [-0.39, 0.29) is 0 Å². The van der Waals surface area contributed by atoms with Crippen LogP contribution in [-0.2, 0) is 6.42 Å². The van der Waals surface area contributed by atoms with E-state index in [0.717, 1.165) is 17.9 Å². The van der Waals surface area contributed by atoms with Crippen LogP contribution in [-0.4, -0.2) is 0 Å². The fourth-order valence-electron chi connectivity index (χ4n) is 4.36. The van der Waals surface area contributed by atoms with Crippen molar-refractivity contribution in [2.45, 2.75) is 78.1 Å². The van der Waals surface area contributed by atoms with Crippen molar-refractivity contribution in [3.63, 3.8) is 0 Å². The van der Waals surface area contributed by atoms with E-state index in [2.05, 4.69) is 74.2 Å². The van der Waals surface area contributed by atoms with Crippen LogP contribution in [0.1, 0.15) is 82.8 Å². The van der Waals surface area contributed by atoms with Gasteiger partial charge in [0.25, 0.3) is 0 Å². The second-order valence-corrected chi connectivity index (χ2v) is 8.51. The number of rotatable bonds is 7. The van der Waals surface area contributed by atoms with Crippen LogP contribution < -0.4 is 0 Å². The van der Waals surface area contributed by atoms with Crippen molar-refractivity contribution in [2.75, 3.05) is 0 Å². The summed E-state index contributed by atoms with van der Waals surface area (Å²) >= 11 is 0. The van der Waals surface area contributed by atoms with Crippen LogP contribution in [0.15, 0.2) is 48.5 Å². The summed E-state index contributed by atoms with van der Waals surface area (Å²) in [6.07, 6.45) is 13.3. The van der Waals surface area contributed by atoms with Gasteiger partial charge >= 0.3 is 0 Å². The Morgan fingerprint density at radius 1 is 0.750 bits per heavy atom. The van der Waals surface area contributed by atoms with Gasteiger partial charge in [-0.2, -0.15) is 0 Å². The van der Waals surface area contributed by atoms with Gasteiger partial charge in [-0.15, -0.1) is 0 Å². The molecule has 0 aliphatic heterocycles. The van der Waals surface area contributed by atoms with E-state index >= 15 is 0 Å². The molecule has 0 bridgehead atoms. The van der Waals surface area contributed by atoms with Gasteiger partial charge in [0.1, 0.15) is 0 Å². The average Bonchev–Trinajstić information content (AvgIpc) is 2.75. The van der Waals surface area contributed by atoms with E-state index in [1.807, 2.05) is 0 Å². The van der Waals surface area contributed by atoms with Gasteiger partial charge in [-0.1, -0.05) is 94.2 Å². The standard InChI is InChI=1S/C28H36/c1-3-5-6-8-24-9-11-25(12-10-24)13-14-26-17-21-28(22-18-26)27-19-15-23(7-4-2)16-20-27/h15-22,24-25H,3-12H2,1-2H3. The maximum atomic E-state index is 3.56. The van der Waals surface area contributed by atoms with E-state index in [1.165, 1.54) is 74.5 Å². The van der Waals surface area contributed by atoms with Gasteiger partial charge < -0.3 is 0 Å². The first-order valence-electron chi connectivity index (χ1n) is 11.5. The Labute approximate surface area is 172 Å². The maximum Gasteiger partial charge on any atom is 0.0245 e. The minimum atomic E-state index is 0.605. The van der Waals surface area contributed by atoms with E-state index in [4.69, 9.17) is 0 Å². The molecule has 148 valence electrons. The summed E-state index contributed by atoms with van der Waals surface area (Å²) in [5.74, 6) is 8.56. The minimum absolute atomic E-state index is 0.605. The molecule has 1 aliphatic carbocycles. The quantitative estimate of drug-likeness (QED) is 0.341. The zero-order chi connectivity index (χ0) is 19.6. The lowest BCUT2D eigenvalue weighted by Crippen LogP contribution is -2.13. The molecule has 0 heteroatoms. The van der Waals surface area contributed by atoms with Gasteiger partial charge in [0, 0.05) is 11.5 Å². The molecule has 3 rings (SSSR count). The monoisotopic (exact) mass is 372 g/mol. The molecule has 1 aliphatic rings. The van der Waals surface area contributed by atoms with Crippen LogP contribution in [0.25, 0.3) is 11.1 Å². The number of aryl methyl sites for hydroxylation is 1. The van der Waals surface area contributed by atoms with Crippen LogP contribution in [0.3, 0.4) is 0 Å². The molecular formula is C28H36. The predicted octanol–water partition coefficient (Wildman–Crippen LogP) is 8.04. The molecule has 2 aromatic rings. The Hall–Kier alpha value is -2.00. The molecule has 1 fully saturated rings. The fourth-order valence-corrected chi connectivity index (χ4v) is 4.36. The van der Waals surface area contributed by atoms with Crippen molar-refractivity contribution in [3.8, 4) is 23.0 Å². The third-order valence-electron chi connectivity index (χ3n) is 6.19. The third-order valence-corrected chi connectivity index (χ3v) is 6.19. The Morgan fingerprint density at radius 3 is 2.00 bits per heavy atom. The lowest BCUT2D eigenvalue weighted by atomic mass is 9.80. The molecular weight excluding hydrogens is 336 g/mol. The van der Waals surface area contributed by atoms with E-state index < -0.39 is 0 Å². The van der Waals surface area contributed by atoms with Gasteiger partial charge in [-0.25, -0.2) is 0 Å². The Kier molecular flexibility index (Phi) is 8.23. The molecule has 0 radical (unpaired) electrons. The van der Waals surface area contributed by atoms with E-state index in [9.17, 15) is 0 Å². The van der Waals surface area contributed by atoms with Gasteiger partial charge in [0.15, 0.2) is 0 Å². The van der Waals surface area contributed by atoms with Gasteiger partial charge in [0.05, 0.1) is 0 Å². The van der Waals surface area contributed by atoms with Crippen LogP contribution >= 0.6 is 0 Å². The van der Waals surface area contributed by atoms with Gasteiger partial charge in [-0.05, 0) is 66.8 Å². The smallest absolute Gasteiger partial charge is 0.0245 e. The van der Waals surface area contributed by atoms with Gasteiger partial charge in [-0.3, -0.25) is 0 Å². The highest BCUT2D eigenvalue weighted by molar-refractivity contribution is 5.64. The molecule has 28 heavy (non-hydrogen) atoms. The van der Waals surface area contributed by atoms with Crippen LogP contribution in [0.4, 0.5) is 0 Å². The highest BCUT2D eigenvalue weighted by atomic mass is 14.2. The summed E-state index contributed by atoms with van der Waals surface area (Å²) in [7, 11) is 0. The topological polar surface area (TPSA) is 0 Å². The average molecular weight is 373 g/mol. The lowest BCUT2D eigenvalue weighted by Gasteiger charge is -2.25. The highest BCUT2D eigenvalue weighted by Gasteiger charge is 2.19. The number of benzene rings is 2. The summed E-state index contributed by atoms with van der Waals surface area (Å²) in [6.45, 7) is 4.52. The number of unbranched alkanes of at least 4 members (excludes halogenated alkanes) is 2. The molecule has 0 nitrogen and oxygen atoms in total. The number of hydrogen-bond donors (Lipinski definition) is 0. The molecule has 0 aromatic heterocycles. The zero-order valence-corrected chi connectivity index (χ0v) is 17.8. The Balaban J connectivity index is 1.51. The van der Waals surface area contributed by atoms with E-state index in [0.29, 0.717) is 5.92 Å². The molecule has 0 saturated heterocycles. The first kappa shape index (κ1) is 20.7. The molecule has 0 N–H and O–H groups in total. The van der Waals surface area contributed by atoms with Crippen molar-refractivity contribution >= 4 is 0 Å². The summed E-state index contributed by atoms with van der Waals surface area (Å²) < 4.78 is 0. The van der Waals surface area contributed by atoms with Crippen LogP contribution in [0, 0.1) is 23.7 Å². The number of hydrogen-bond acceptors (Lipinski definition) is 0.